The van der Waals surface area contributed by atoms with E-state index >= 15 is 0 Å². The van der Waals surface area contributed by atoms with Crippen LogP contribution in [-0.4, -0.2) is 12.1 Å². The van der Waals surface area contributed by atoms with Crippen LogP contribution in [0.2, 0.25) is 0 Å². The summed E-state index contributed by atoms with van der Waals surface area (Å²) in [5.74, 6) is 0.852. The van der Waals surface area contributed by atoms with Crippen LogP contribution >= 0.6 is 15.9 Å². The number of halogens is 1. The number of nitrogens with zero attached hydrogens (tertiary/aromatic N) is 1. The van der Waals surface area contributed by atoms with Gasteiger partial charge in [-0.3, -0.25) is 0 Å². The maximum absolute atomic E-state index is 5.19. The highest BCUT2D eigenvalue weighted by Gasteiger charge is 2.03. The van der Waals surface area contributed by atoms with Gasteiger partial charge in [0.25, 0.3) is 0 Å². The van der Waals surface area contributed by atoms with E-state index in [9.17, 15) is 0 Å². The number of ether oxygens (including phenoxy) is 1. The molecule has 0 spiro atoms. The zero-order valence-corrected chi connectivity index (χ0v) is 11.8. The molecule has 4 heteroatoms. The molecule has 1 N–H and O–H groups in total. The zero-order valence-electron chi connectivity index (χ0n) is 10.2. The minimum Gasteiger partial charge on any atom is -0.380 e. The zero-order chi connectivity index (χ0) is 12.8. The molecule has 2 aromatic rings. The van der Waals surface area contributed by atoms with Gasteiger partial charge in [0.15, 0.2) is 0 Å². The average molecular weight is 307 g/mol. The molecule has 0 saturated carbocycles. The molecule has 1 aromatic heterocycles. The Hall–Kier alpha value is -1.39. The third kappa shape index (κ3) is 3.31. The lowest BCUT2D eigenvalue weighted by Crippen LogP contribution is -2.05. The molecule has 0 saturated heterocycles. The van der Waals surface area contributed by atoms with E-state index in [2.05, 4.69) is 38.4 Å². The smallest absolute Gasteiger partial charge is 0.140 e. The SMILES string of the molecule is COCc1ccccc1CNc1ncccc1Br. The molecule has 1 aromatic carbocycles. The lowest BCUT2D eigenvalue weighted by atomic mass is 10.1. The normalized spacial score (nSPS) is 10.3. The summed E-state index contributed by atoms with van der Waals surface area (Å²) in [4.78, 5) is 4.28. The first kappa shape index (κ1) is 13.1. The molecule has 0 aliphatic carbocycles. The van der Waals surface area contributed by atoms with Gasteiger partial charge in [-0.05, 0) is 39.2 Å². The van der Waals surface area contributed by atoms with Crippen LogP contribution in [0.25, 0.3) is 0 Å². The first-order valence-electron chi connectivity index (χ1n) is 5.71. The number of hydrogen-bond donors (Lipinski definition) is 1. The Morgan fingerprint density at radius 3 is 2.67 bits per heavy atom. The standard InChI is InChI=1S/C14H15BrN2O/c1-18-10-12-6-3-2-5-11(12)9-17-14-13(15)7-4-8-16-14/h2-8H,9-10H2,1H3,(H,16,17). The highest BCUT2D eigenvalue weighted by molar-refractivity contribution is 9.10. The van der Waals surface area contributed by atoms with Crippen molar-refractivity contribution in [3.8, 4) is 0 Å². The lowest BCUT2D eigenvalue weighted by molar-refractivity contribution is 0.184. The average Bonchev–Trinajstić information content (AvgIpc) is 2.40. The van der Waals surface area contributed by atoms with E-state index in [-0.39, 0.29) is 0 Å². The Labute approximate surface area is 115 Å². The van der Waals surface area contributed by atoms with Gasteiger partial charge in [0.05, 0.1) is 11.1 Å². The molecule has 3 nitrogen and oxygen atoms in total. The highest BCUT2D eigenvalue weighted by atomic mass is 79.9. The second-order valence-electron chi connectivity index (χ2n) is 3.89. The lowest BCUT2D eigenvalue weighted by Gasteiger charge is -2.11. The monoisotopic (exact) mass is 306 g/mol. The number of rotatable bonds is 5. The fourth-order valence-electron chi connectivity index (χ4n) is 1.72. The Bertz CT molecular complexity index is 517. The van der Waals surface area contributed by atoms with Gasteiger partial charge in [-0.15, -0.1) is 0 Å². The minimum atomic E-state index is 0.626. The van der Waals surface area contributed by atoms with E-state index in [4.69, 9.17) is 4.74 Å². The van der Waals surface area contributed by atoms with Crippen LogP contribution in [0, 0.1) is 0 Å². The summed E-state index contributed by atoms with van der Waals surface area (Å²) in [6.45, 7) is 1.36. The van der Waals surface area contributed by atoms with Crippen molar-refractivity contribution < 1.29 is 4.74 Å². The number of benzene rings is 1. The van der Waals surface area contributed by atoms with Crippen molar-refractivity contribution in [2.75, 3.05) is 12.4 Å². The highest BCUT2D eigenvalue weighted by Crippen LogP contribution is 2.19. The Morgan fingerprint density at radius 1 is 1.17 bits per heavy atom. The van der Waals surface area contributed by atoms with Crippen molar-refractivity contribution in [1.29, 1.82) is 0 Å². The second-order valence-corrected chi connectivity index (χ2v) is 4.74. The minimum absolute atomic E-state index is 0.626. The number of methoxy groups -OCH3 is 1. The summed E-state index contributed by atoms with van der Waals surface area (Å²) in [6, 6.07) is 12.1. The Kier molecular flexibility index (Phi) is 4.73. The van der Waals surface area contributed by atoms with E-state index in [0.29, 0.717) is 6.61 Å². The number of anilines is 1. The first-order valence-corrected chi connectivity index (χ1v) is 6.50. The molecule has 0 aliphatic heterocycles. The fraction of sp³-hybridized carbons (Fsp3) is 0.214. The van der Waals surface area contributed by atoms with Crippen molar-refractivity contribution in [3.63, 3.8) is 0 Å². The third-order valence-corrected chi connectivity index (χ3v) is 3.26. The predicted octanol–water partition coefficient (Wildman–Crippen LogP) is 3.60. The number of hydrogen-bond acceptors (Lipinski definition) is 3. The molecule has 94 valence electrons. The van der Waals surface area contributed by atoms with E-state index in [0.717, 1.165) is 16.8 Å². The summed E-state index contributed by atoms with van der Waals surface area (Å²) in [5, 5.41) is 3.31. The molecule has 0 fully saturated rings. The summed E-state index contributed by atoms with van der Waals surface area (Å²) in [6.07, 6.45) is 1.77. The van der Waals surface area contributed by atoms with E-state index < -0.39 is 0 Å². The van der Waals surface area contributed by atoms with Crippen molar-refractivity contribution in [1.82, 2.24) is 4.98 Å². The first-order chi connectivity index (χ1) is 8.81. The second kappa shape index (κ2) is 6.52. The van der Waals surface area contributed by atoms with Crippen LogP contribution in [0.4, 0.5) is 5.82 Å². The maximum atomic E-state index is 5.19. The van der Waals surface area contributed by atoms with Crippen molar-refractivity contribution >= 4 is 21.7 Å². The summed E-state index contributed by atoms with van der Waals surface area (Å²) >= 11 is 3.47. The van der Waals surface area contributed by atoms with Crippen LogP contribution in [0.15, 0.2) is 47.1 Å². The van der Waals surface area contributed by atoms with Gasteiger partial charge >= 0.3 is 0 Å². The number of pyridine rings is 1. The number of aromatic nitrogens is 1. The molecule has 0 atom stereocenters. The van der Waals surface area contributed by atoms with E-state index in [1.165, 1.54) is 11.1 Å². The van der Waals surface area contributed by atoms with E-state index in [1.807, 2.05) is 24.3 Å². The quantitative estimate of drug-likeness (QED) is 0.916. The topological polar surface area (TPSA) is 34.1 Å². The molecule has 2 rings (SSSR count). The molecule has 0 radical (unpaired) electrons. The van der Waals surface area contributed by atoms with Gasteiger partial charge in [-0.2, -0.15) is 0 Å². The van der Waals surface area contributed by atoms with Gasteiger partial charge < -0.3 is 10.1 Å². The molecule has 0 amide bonds. The van der Waals surface area contributed by atoms with Gasteiger partial charge in [-0.1, -0.05) is 24.3 Å². The van der Waals surface area contributed by atoms with Gasteiger partial charge in [0, 0.05) is 19.9 Å². The molecule has 0 bridgehead atoms. The molecular formula is C14H15BrN2O. The van der Waals surface area contributed by atoms with Crippen LogP contribution < -0.4 is 5.32 Å². The van der Waals surface area contributed by atoms with Crippen molar-refractivity contribution in [3.05, 3.63) is 58.2 Å². The van der Waals surface area contributed by atoms with Crippen molar-refractivity contribution in [2.24, 2.45) is 0 Å². The van der Waals surface area contributed by atoms with Crippen LogP contribution in [0.1, 0.15) is 11.1 Å². The molecular weight excluding hydrogens is 292 g/mol. The fourth-order valence-corrected chi connectivity index (χ4v) is 2.12. The molecule has 18 heavy (non-hydrogen) atoms. The van der Waals surface area contributed by atoms with Crippen molar-refractivity contribution in [2.45, 2.75) is 13.2 Å². The molecule has 0 unspecified atom stereocenters. The molecule has 0 aliphatic rings. The van der Waals surface area contributed by atoms with Crippen LogP contribution in [0.3, 0.4) is 0 Å². The summed E-state index contributed by atoms with van der Waals surface area (Å²) in [7, 11) is 1.71. The third-order valence-electron chi connectivity index (χ3n) is 2.62. The van der Waals surface area contributed by atoms with Gasteiger partial charge in [0.2, 0.25) is 0 Å². The summed E-state index contributed by atoms with van der Waals surface area (Å²) in [5.41, 5.74) is 2.41. The summed E-state index contributed by atoms with van der Waals surface area (Å²) < 4.78 is 6.16. The Balaban J connectivity index is 2.08. The number of nitrogens with one attached hydrogen (secondary N) is 1. The largest absolute Gasteiger partial charge is 0.380 e. The van der Waals surface area contributed by atoms with Gasteiger partial charge in [-0.25, -0.2) is 4.98 Å². The Morgan fingerprint density at radius 2 is 1.94 bits per heavy atom. The maximum Gasteiger partial charge on any atom is 0.140 e. The van der Waals surface area contributed by atoms with E-state index in [1.54, 1.807) is 13.3 Å². The molecule has 1 heterocycles. The van der Waals surface area contributed by atoms with Crippen LogP contribution in [0.5, 0.6) is 0 Å². The van der Waals surface area contributed by atoms with Crippen LogP contribution in [-0.2, 0) is 17.9 Å². The predicted molar refractivity (Wildman–Crippen MR) is 76.4 cm³/mol. The van der Waals surface area contributed by atoms with Gasteiger partial charge in [0.1, 0.15) is 5.82 Å².